The predicted octanol–water partition coefficient (Wildman–Crippen LogP) is -2.74. The van der Waals surface area contributed by atoms with Gasteiger partial charge in [-0.15, -0.1) is 0 Å². The fourth-order valence-corrected chi connectivity index (χ4v) is 0. The second kappa shape index (κ2) is 9.25. The summed E-state index contributed by atoms with van der Waals surface area (Å²) in [4.78, 5) is 0. The van der Waals surface area contributed by atoms with Crippen LogP contribution in [0.25, 0.3) is 0 Å². The molecule has 6 heteroatoms. The number of hydrogen-bond acceptors (Lipinski definition) is 3. The van der Waals surface area contributed by atoms with Crippen molar-refractivity contribution in [1.29, 1.82) is 0 Å². The van der Waals surface area contributed by atoms with Crippen molar-refractivity contribution < 1.29 is 51.1 Å². The Balaban J connectivity index is 0. The second-order valence-electron chi connectivity index (χ2n) is 0.224. The zero-order valence-electron chi connectivity index (χ0n) is 2.79. The van der Waals surface area contributed by atoms with Crippen molar-refractivity contribution in [3.63, 3.8) is 0 Å². The summed E-state index contributed by atoms with van der Waals surface area (Å²) >= 11 is -2.24. The Morgan fingerprint density at radius 2 is 1.50 bits per heavy atom. The van der Waals surface area contributed by atoms with Crippen LogP contribution in [0.5, 0.6) is 0 Å². The van der Waals surface area contributed by atoms with E-state index in [-0.39, 0.29) is 0 Å². The minimum absolute atomic E-state index is 1.70. The first kappa shape index (κ1) is 9.92. The van der Waals surface area contributed by atoms with Crippen molar-refractivity contribution >= 4 is 0 Å². The Labute approximate surface area is 51.3 Å². The topological polar surface area (TPSA) is 84.8 Å². The van der Waals surface area contributed by atoms with Gasteiger partial charge in [-0.05, 0) is 0 Å². The molecule has 0 saturated heterocycles. The summed E-state index contributed by atoms with van der Waals surface area (Å²) in [6.45, 7) is 0. The fourth-order valence-electron chi connectivity index (χ4n) is 0. The number of rotatable bonds is 0. The summed E-state index contributed by atoms with van der Waals surface area (Å²) in [5.74, 6) is 0. The summed E-state index contributed by atoms with van der Waals surface area (Å²) in [5, 5.41) is 0. The number of quaternary nitrogens is 1. The van der Waals surface area contributed by atoms with Crippen LogP contribution < -0.4 is 8.32 Å². The molecule has 0 aromatic heterocycles. The molecule has 0 radical (unpaired) electrons. The van der Waals surface area contributed by atoms with Crippen LogP contribution in [0.4, 0.5) is 0 Å². The summed E-state index contributed by atoms with van der Waals surface area (Å²) in [6, 6.07) is 0. The quantitative estimate of drug-likeness (QED) is 0.442. The molecule has 6 heavy (non-hydrogen) atoms. The molecule has 0 aliphatic carbocycles. The molecule has 0 fully saturated rings. The van der Waals surface area contributed by atoms with Crippen LogP contribution in [0.15, 0.2) is 0 Å². The zero-order valence-corrected chi connectivity index (χ0v) is 6.19. The van der Waals surface area contributed by atoms with Crippen LogP contribution in [-0.4, -0.2) is 0 Å². The molecule has 0 amide bonds. The predicted molar refractivity (Wildman–Crippen MR) is 4.26 cm³/mol. The van der Waals surface area contributed by atoms with Gasteiger partial charge < -0.3 is 0 Å². The van der Waals surface area contributed by atoms with Crippen molar-refractivity contribution in [3.05, 3.63) is 0 Å². The Bertz CT molecular complexity index is 59.2. The second-order valence-corrected chi connectivity index (χ2v) is 0.922. The molecular formula is H3MoNO3V. The van der Waals surface area contributed by atoms with Crippen LogP contribution in [0.3, 0.4) is 0 Å². The average Bonchev–Trinajstić information content (AvgIpc) is 1.41. The molecule has 0 saturated carbocycles. The van der Waals surface area contributed by atoms with Gasteiger partial charge in [-0.2, -0.15) is 0 Å². The van der Waals surface area contributed by atoms with Crippen molar-refractivity contribution in [2.75, 3.05) is 0 Å². The molecule has 0 aromatic carbocycles. The zero-order chi connectivity index (χ0) is 5.58. The minimum atomic E-state index is -3.94. The maximum absolute atomic E-state index is 8.56. The van der Waals surface area contributed by atoms with Crippen LogP contribution in [0.1, 0.15) is 0 Å². The molecule has 0 unspecified atom stereocenters. The van der Waals surface area contributed by atoms with Crippen molar-refractivity contribution in [1.82, 2.24) is 0 Å². The fraction of sp³-hybridized carbons (Fsp3) is 0. The molecule has 4 nitrogen and oxygen atoms in total. The summed E-state index contributed by atoms with van der Waals surface area (Å²) in [5.41, 5.74) is 0. The van der Waals surface area contributed by atoms with Crippen molar-refractivity contribution in [2.24, 2.45) is 0 Å². The third-order valence-corrected chi connectivity index (χ3v) is 0. The Morgan fingerprint density at radius 3 is 1.50 bits per heavy atom. The van der Waals surface area contributed by atoms with E-state index in [2.05, 4.69) is 4.29 Å². The molecule has 0 spiro atoms. The number of hydrogen-bond donors (Lipinski definition) is 1. The summed E-state index contributed by atoms with van der Waals surface area (Å²) < 4.78 is 28.9. The molecular weight excluding hydrogens is 209 g/mol. The van der Waals surface area contributed by atoms with Crippen LogP contribution >= 0.6 is 0 Å². The van der Waals surface area contributed by atoms with Gasteiger partial charge >= 0.3 is 51.1 Å². The van der Waals surface area contributed by atoms with Gasteiger partial charge in [0.2, 0.25) is 0 Å². The molecule has 0 aromatic rings. The molecule has 3 N–H and O–H groups in total. The van der Waals surface area contributed by atoms with E-state index in [0.717, 1.165) is 0 Å². The van der Waals surface area contributed by atoms with Crippen LogP contribution in [0.2, 0.25) is 0 Å². The van der Waals surface area contributed by atoms with E-state index in [1.807, 2.05) is 0 Å². The van der Waals surface area contributed by atoms with Gasteiger partial charge in [-0.3, -0.25) is 0 Å². The van der Waals surface area contributed by atoms with Gasteiger partial charge in [-0.1, -0.05) is 0 Å². The standard InChI is InChI=1S/Mo.H3N.3O.V/h;1H3;;;;/q+1;;;;-1;. The third-order valence-electron chi connectivity index (χ3n) is 0. The van der Waals surface area contributed by atoms with E-state index >= 15 is 0 Å². The van der Waals surface area contributed by atoms with E-state index in [9.17, 15) is 0 Å². The first-order chi connectivity index (χ1) is 2.73. The van der Waals surface area contributed by atoms with E-state index in [4.69, 9.17) is 11.4 Å². The van der Waals surface area contributed by atoms with E-state index in [1.54, 1.807) is 20.1 Å². The normalized spacial score (nSPS) is 5.00. The van der Waals surface area contributed by atoms with Gasteiger partial charge in [-0.25, -0.2) is 0 Å². The monoisotopic (exact) mass is 214 g/mol. The molecule has 37 valence electrons. The van der Waals surface area contributed by atoms with E-state index in [0.29, 0.717) is 0 Å². The van der Waals surface area contributed by atoms with E-state index < -0.39 is 15.4 Å². The van der Waals surface area contributed by atoms with Crippen LogP contribution in [-0.2, 0) is 42.8 Å². The molecule has 0 bridgehead atoms. The first-order valence-electron chi connectivity index (χ1n) is 0.836. The Morgan fingerprint density at radius 1 is 1.50 bits per heavy atom. The average molecular weight is 212 g/mol. The molecule has 0 heterocycles. The SMILES string of the molecule is [NH3+][Mo].[O]=[V](=[O])[O-]. The van der Waals surface area contributed by atoms with Gasteiger partial charge in [0.15, 0.2) is 0 Å². The maximum atomic E-state index is 8.56. The molecule has 0 aliphatic rings. The van der Waals surface area contributed by atoms with Gasteiger partial charge in [0, 0.05) is 0 Å². The Kier molecular flexibility index (Phi) is 15.3. The molecule has 0 atom stereocenters. The molecule has 0 aliphatic heterocycles. The summed E-state index contributed by atoms with van der Waals surface area (Å²) in [6.07, 6.45) is 0. The van der Waals surface area contributed by atoms with Crippen LogP contribution in [0, 0.1) is 0 Å². The van der Waals surface area contributed by atoms with E-state index in [1.165, 1.54) is 0 Å². The Hall–Kier alpha value is 0.793. The van der Waals surface area contributed by atoms with Gasteiger partial charge in [0.1, 0.15) is 0 Å². The van der Waals surface area contributed by atoms with Crippen molar-refractivity contribution in [2.45, 2.75) is 0 Å². The van der Waals surface area contributed by atoms with Crippen molar-refractivity contribution in [3.8, 4) is 0 Å². The molecule has 0 rings (SSSR count). The van der Waals surface area contributed by atoms with Gasteiger partial charge in [0.05, 0.1) is 0 Å². The summed E-state index contributed by atoms with van der Waals surface area (Å²) in [7, 11) is 0. The van der Waals surface area contributed by atoms with Gasteiger partial charge in [0.25, 0.3) is 0 Å². The third kappa shape index (κ3) is 110. The first-order valence-corrected chi connectivity index (χ1v) is 3.97.